The van der Waals surface area contributed by atoms with E-state index in [1.54, 1.807) is 0 Å². The van der Waals surface area contributed by atoms with Crippen molar-refractivity contribution < 1.29 is 9.53 Å². The van der Waals surface area contributed by atoms with Gasteiger partial charge >= 0.3 is 0 Å². The molecular weight excluding hydrogens is 216 g/mol. The minimum absolute atomic E-state index is 0.0326. The van der Waals surface area contributed by atoms with E-state index in [0.717, 1.165) is 12.1 Å². The fourth-order valence-corrected chi connectivity index (χ4v) is 1.98. The molecule has 1 atom stereocenters. The number of fused-ring (bicyclic) bond motifs is 1. The van der Waals surface area contributed by atoms with Gasteiger partial charge in [-0.05, 0) is 33.2 Å². The number of ether oxygens (including phenoxy) is 1. The summed E-state index contributed by atoms with van der Waals surface area (Å²) in [4.78, 5) is 14.1. The maximum Gasteiger partial charge on any atom is 0.255 e. The molecule has 1 heterocycles. The molecule has 0 aromatic heterocycles. The van der Waals surface area contributed by atoms with Crippen molar-refractivity contribution in [2.75, 3.05) is 27.2 Å². The summed E-state index contributed by atoms with van der Waals surface area (Å²) in [6.45, 7) is 3.26. The first-order valence-corrected chi connectivity index (χ1v) is 5.75. The second kappa shape index (κ2) is 4.75. The number of rotatable bonds is 2. The third-order valence-electron chi connectivity index (χ3n) is 2.74. The number of hydrogen-bond acceptors (Lipinski definition) is 3. The highest BCUT2D eigenvalue weighted by Crippen LogP contribution is 2.22. The van der Waals surface area contributed by atoms with Crippen LogP contribution in [0.15, 0.2) is 18.2 Å². The largest absolute Gasteiger partial charge is 0.491 e. The lowest BCUT2D eigenvalue weighted by Gasteiger charge is -2.19. The summed E-state index contributed by atoms with van der Waals surface area (Å²) < 4.78 is 5.68. The Morgan fingerprint density at radius 2 is 2.24 bits per heavy atom. The Hall–Kier alpha value is -1.55. The predicted molar refractivity (Wildman–Crippen MR) is 66.5 cm³/mol. The van der Waals surface area contributed by atoms with Crippen LogP contribution in [0.4, 0.5) is 0 Å². The lowest BCUT2D eigenvalue weighted by Crippen LogP contribution is -2.43. The molecule has 4 nitrogen and oxygen atoms in total. The summed E-state index contributed by atoms with van der Waals surface area (Å²) >= 11 is 0. The molecule has 1 aliphatic rings. The third-order valence-corrected chi connectivity index (χ3v) is 2.74. The molecule has 0 fully saturated rings. The second-order valence-electron chi connectivity index (χ2n) is 4.74. The average molecular weight is 234 g/mol. The SMILES string of the molecule is Cc1ccc2c(c1)C(=O)N[C@H](CN(C)C)CO2. The van der Waals surface area contributed by atoms with Crippen LogP contribution < -0.4 is 10.1 Å². The lowest BCUT2D eigenvalue weighted by molar-refractivity contribution is 0.0931. The molecule has 2 rings (SSSR count). The van der Waals surface area contributed by atoms with Gasteiger partial charge in [-0.3, -0.25) is 4.79 Å². The fraction of sp³-hybridized carbons (Fsp3) is 0.462. The number of carbonyl (C=O) groups excluding carboxylic acids is 1. The molecule has 1 aliphatic heterocycles. The molecular formula is C13H18N2O2. The van der Waals surface area contributed by atoms with E-state index in [2.05, 4.69) is 5.32 Å². The summed E-state index contributed by atoms with van der Waals surface area (Å²) in [7, 11) is 3.96. The van der Waals surface area contributed by atoms with Gasteiger partial charge in [0.05, 0.1) is 11.6 Å². The number of nitrogens with one attached hydrogen (secondary N) is 1. The molecule has 17 heavy (non-hydrogen) atoms. The van der Waals surface area contributed by atoms with Crippen LogP contribution in [0.1, 0.15) is 15.9 Å². The number of likely N-dealkylation sites (N-methyl/N-ethyl adjacent to an activating group) is 1. The first kappa shape index (κ1) is 11.9. The topological polar surface area (TPSA) is 41.6 Å². The van der Waals surface area contributed by atoms with Gasteiger partial charge in [-0.15, -0.1) is 0 Å². The number of carbonyl (C=O) groups is 1. The van der Waals surface area contributed by atoms with Crippen molar-refractivity contribution in [2.24, 2.45) is 0 Å². The molecule has 0 aliphatic carbocycles. The minimum Gasteiger partial charge on any atom is -0.491 e. The van der Waals surface area contributed by atoms with Gasteiger partial charge in [-0.2, -0.15) is 0 Å². The highest BCUT2D eigenvalue weighted by atomic mass is 16.5. The summed E-state index contributed by atoms with van der Waals surface area (Å²) in [5.74, 6) is 0.627. The molecule has 0 bridgehead atoms. The van der Waals surface area contributed by atoms with Crippen molar-refractivity contribution in [1.29, 1.82) is 0 Å². The van der Waals surface area contributed by atoms with Crippen molar-refractivity contribution in [1.82, 2.24) is 10.2 Å². The summed E-state index contributed by atoms with van der Waals surface area (Å²) in [5.41, 5.74) is 1.69. The van der Waals surface area contributed by atoms with E-state index in [1.165, 1.54) is 0 Å². The number of nitrogens with zero attached hydrogens (tertiary/aromatic N) is 1. The van der Waals surface area contributed by atoms with Gasteiger partial charge < -0.3 is 15.0 Å². The van der Waals surface area contributed by atoms with Gasteiger partial charge in [0.1, 0.15) is 12.4 Å². The molecule has 1 aromatic rings. The number of benzene rings is 1. The van der Waals surface area contributed by atoms with E-state index < -0.39 is 0 Å². The maximum atomic E-state index is 12.0. The molecule has 1 N–H and O–H groups in total. The number of amides is 1. The van der Waals surface area contributed by atoms with Gasteiger partial charge in [0.2, 0.25) is 0 Å². The Balaban J connectivity index is 2.20. The molecule has 0 unspecified atom stereocenters. The van der Waals surface area contributed by atoms with Crippen molar-refractivity contribution in [3.05, 3.63) is 29.3 Å². The third kappa shape index (κ3) is 2.77. The van der Waals surface area contributed by atoms with Gasteiger partial charge in [0, 0.05) is 6.54 Å². The standard InChI is InChI=1S/C13H18N2O2/c1-9-4-5-12-11(6-9)13(16)14-10(8-17-12)7-15(2)3/h4-6,10H,7-8H2,1-3H3,(H,14,16)/t10-/m1/s1. The zero-order valence-electron chi connectivity index (χ0n) is 10.5. The van der Waals surface area contributed by atoms with E-state index in [9.17, 15) is 4.79 Å². The van der Waals surface area contributed by atoms with Gasteiger partial charge in [0.15, 0.2) is 0 Å². The van der Waals surface area contributed by atoms with Crippen LogP contribution in [0.5, 0.6) is 5.75 Å². The zero-order chi connectivity index (χ0) is 12.4. The van der Waals surface area contributed by atoms with Crippen molar-refractivity contribution >= 4 is 5.91 Å². The predicted octanol–water partition coefficient (Wildman–Crippen LogP) is 1.05. The molecule has 0 spiro atoms. The Kier molecular flexibility index (Phi) is 3.33. The Labute approximate surface area is 102 Å². The van der Waals surface area contributed by atoms with Crippen LogP contribution in [0.3, 0.4) is 0 Å². The van der Waals surface area contributed by atoms with Crippen LogP contribution >= 0.6 is 0 Å². The van der Waals surface area contributed by atoms with Crippen molar-refractivity contribution in [3.63, 3.8) is 0 Å². The molecule has 1 amide bonds. The smallest absolute Gasteiger partial charge is 0.255 e. The van der Waals surface area contributed by atoms with Gasteiger partial charge in [0.25, 0.3) is 5.91 Å². The Morgan fingerprint density at radius 1 is 1.47 bits per heavy atom. The minimum atomic E-state index is -0.0481. The molecule has 0 saturated carbocycles. The number of aryl methyl sites for hydroxylation is 1. The van der Waals surface area contributed by atoms with Crippen LogP contribution in [0.2, 0.25) is 0 Å². The van der Waals surface area contributed by atoms with E-state index >= 15 is 0 Å². The monoisotopic (exact) mass is 234 g/mol. The first-order valence-electron chi connectivity index (χ1n) is 5.75. The van der Waals surface area contributed by atoms with Crippen LogP contribution in [0, 0.1) is 6.92 Å². The highest BCUT2D eigenvalue weighted by molar-refractivity contribution is 5.97. The number of hydrogen-bond donors (Lipinski definition) is 1. The molecule has 0 saturated heterocycles. The van der Waals surface area contributed by atoms with Crippen molar-refractivity contribution in [3.8, 4) is 5.75 Å². The van der Waals surface area contributed by atoms with E-state index in [1.807, 2.05) is 44.1 Å². The zero-order valence-corrected chi connectivity index (χ0v) is 10.5. The molecule has 1 aromatic carbocycles. The highest BCUT2D eigenvalue weighted by Gasteiger charge is 2.22. The Morgan fingerprint density at radius 3 is 2.94 bits per heavy atom. The average Bonchev–Trinajstić information content (AvgIpc) is 2.39. The lowest BCUT2D eigenvalue weighted by atomic mass is 10.1. The van der Waals surface area contributed by atoms with Gasteiger partial charge in [-0.25, -0.2) is 0 Å². The quantitative estimate of drug-likeness (QED) is 0.831. The summed E-state index contributed by atoms with van der Waals surface area (Å²) in [6.07, 6.45) is 0. The van der Waals surface area contributed by atoms with E-state index in [0.29, 0.717) is 17.9 Å². The van der Waals surface area contributed by atoms with E-state index in [4.69, 9.17) is 4.74 Å². The van der Waals surface area contributed by atoms with Crippen LogP contribution in [-0.2, 0) is 0 Å². The van der Waals surface area contributed by atoms with Crippen LogP contribution in [-0.4, -0.2) is 44.1 Å². The van der Waals surface area contributed by atoms with Gasteiger partial charge in [-0.1, -0.05) is 11.6 Å². The molecule has 92 valence electrons. The second-order valence-corrected chi connectivity index (χ2v) is 4.74. The summed E-state index contributed by atoms with van der Waals surface area (Å²) in [5, 5.41) is 2.99. The summed E-state index contributed by atoms with van der Waals surface area (Å²) in [6, 6.07) is 5.72. The van der Waals surface area contributed by atoms with E-state index in [-0.39, 0.29) is 11.9 Å². The molecule has 4 heteroatoms. The first-order chi connectivity index (χ1) is 8.06. The molecule has 0 radical (unpaired) electrons. The maximum absolute atomic E-state index is 12.0. The Bertz CT molecular complexity index is 429. The van der Waals surface area contributed by atoms with Crippen molar-refractivity contribution in [2.45, 2.75) is 13.0 Å². The normalized spacial score (nSPS) is 19.3. The van der Waals surface area contributed by atoms with Crippen LogP contribution in [0.25, 0.3) is 0 Å². The fourth-order valence-electron chi connectivity index (χ4n) is 1.98.